The molecule has 2 aromatic carbocycles. The van der Waals surface area contributed by atoms with E-state index in [2.05, 4.69) is 42.2 Å². The maximum atomic E-state index is 5.62. The van der Waals surface area contributed by atoms with Crippen LogP contribution >= 0.6 is 12.2 Å². The van der Waals surface area contributed by atoms with Crippen LogP contribution in [0.2, 0.25) is 0 Å². The fourth-order valence-corrected chi connectivity index (χ4v) is 2.83. The predicted octanol–water partition coefficient (Wildman–Crippen LogP) is 5.00. The van der Waals surface area contributed by atoms with E-state index in [1.54, 1.807) is 0 Å². The smallest absolute Gasteiger partial charge is 0.0563 e. The zero-order valence-corrected chi connectivity index (χ0v) is 11.2. The van der Waals surface area contributed by atoms with Crippen molar-refractivity contribution in [1.82, 2.24) is 4.98 Å². The van der Waals surface area contributed by atoms with Crippen molar-refractivity contribution in [2.75, 3.05) is 0 Å². The van der Waals surface area contributed by atoms with E-state index in [1.807, 2.05) is 12.1 Å². The number of hydrogen-bond acceptors (Lipinski definition) is 1. The van der Waals surface area contributed by atoms with Gasteiger partial charge in [-0.3, -0.25) is 0 Å². The lowest BCUT2D eigenvalue weighted by atomic mass is 10.0. The molecule has 1 heterocycles. The van der Waals surface area contributed by atoms with Gasteiger partial charge in [0.2, 0.25) is 0 Å². The number of nitrogens with one attached hydrogen (secondary N) is 1. The zero-order valence-electron chi connectivity index (χ0n) is 10.4. The molecule has 2 heteroatoms. The summed E-state index contributed by atoms with van der Waals surface area (Å²) in [6.45, 7) is 2.20. The van der Waals surface area contributed by atoms with Gasteiger partial charge < -0.3 is 4.98 Å². The Morgan fingerprint density at radius 3 is 2.61 bits per heavy atom. The summed E-state index contributed by atoms with van der Waals surface area (Å²) in [6.07, 6.45) is 2.23. The Bertz CT molecular complexity index is 771. The average Bonchev–Trinajstić information content (AvgIpc) is 2.40. The molecule has 1 aromatic heterocycles. The molecule has 0 aliphatic carbocycles. The van der Waals surface area contributed by atoms with Crippen LogP contribution in [0.15, 0.2) is 42.5 Å². The number of aryl methyl sites for hydroxylation is 1. The number of aromatic amines is 1. The third-order valence-electron chi connectivity index (χ3n) is 3.35. The molecule has 0 amide bonds. The van der Waals surface area contributed by atoms with Crippen molar-refractivity contribution in [3.05, 3.63) is 52.5 Å². The molecule has 0 bridgehead atoms. The predicted molar refractivity (Wildman–Crippen MR) is 80.6 cm³/mol. The van der Waals surface area contributed by atoms with Gasteiger partial charge in [-0.15, -0.1) is 0 Å². The van der Waals surface area contributed by atoms with Gasteiger partial charge in [-0.05, 0) is 18.1 Å². The van der Waals surface area contributed by atoms with Crippen LogP contribution in [0.3, 0.4) is 0 Å². The second kappa shape index (κ2) is 4.54. The fourth-order valence-electron chi connectivity index (χ4n) is 2.48. The molecule has 0 aliphatic heterocycles. The van der Waals surface area contributed by atoms with Crippen LogP contribution < -0.4 is 0 Å². The lowest BCUT2D eigenvalue weighted by Crippen LogP contribution is -1.91. The molecule has 0 fully saturated rings. The van der Waals surface area contributed by atoms with Crippen molar-refractivity contribution in [1.29, 1.82) is 0 Å². The Kier molecular flexibility index (Phi) is 2.88. The first-order chi connectivity index (χ1) is 8.81. The quantitative estimate of drug-likeness (QED) is 0.502. The van der Waals surface area contributed by atoms with E-state index in [0.717, 1.165) is 33.6 Å². The van der Waals surface area contributed by atoms with E-state index in [1.165, 1.54) is 11.1 Å². The topological polar surface area (TPSA) is 15.8 Å². The van der Waals surface area contributed by atoms with Crippen molar-refractivity contribution >= 4 is 34.0 Å². The molecule has 0 aliphatic rings. The Hall–Kier alpha value is -1.67. The second-order valence-corrected chi connectivity index (χ2v) is 5.00. The number of para-hydroxylation sites is 2. The van der Waals surface area contributed by atoms with Gasteiger partial charge in [0.25, 0.3) is 0 Å². The van der Waals surface area contributed by atoms with Crippen LogP contribution in [0.4, 0.5) is 0 Å². The lowest BCUT2D eigenvalue weighted by Gasteiger charge is -2.08. The summed E-state index contributed by atoms with van der Waals surface area (Å²) in [4.78, 5) is 3.54. The monoisotopic (exact) mass is 253 g/mol. The molecule has 0 saturated heterocycles. The van der Waals surface area contributed by atoms with Crippen molar-refractivity contribution in [2.24, 2.45) is 0 Å². The standard InChI is InChI=1S/C16H15NS/c1-2-6-11-7-5-9-13-15(11)17-14-10-4-3-8-12(14)16(13)18/h3-5,7-10H,2,6H2,1H3,(H,17,18). The highest BCUT2D eigenvalue weighted by atomic mass is 32.1. The maximum Gasteiger partial charge on any atom is 0.0563 e. The summed E-state index contributed by atoms with van der Waals surface area (Å²) >= 11 is 5.62. The molecule has 1 nitrogen and oxygen atoms in total. The average molecular weight is 253 g/mol. The SMILES string of the molecule is CCCc1cccc2c(=S)c3ccccc3[nH]c12. The minimum Gasteiger partial charge on any atom is -0.354 e. The first-order valence-corrected chi connectivity index (χ1v) is 6.74. The molecule has 3 rings (SSSR count). The van der Waals surface area contributed by atoms with Crippen LogP contribution in [-0.2, 0) is 6.42 Å². The summed E-state index contributed by atoms with van der Waals surface area (Å²) in [7, 11) is 0. The third kappa shape index (κ3) is 1.73. The number of pyridine rings is 1. The van der Waals surface area contributed by atoms with Gasteiger partial charge in [0.1, 0.15) is 0 Å². The van der Waals surface area contributed by atoms with E-state index >= 15 is 0 Å². The highest BCUT2D eigenvalue weighted by molar-refractivity contribution is 7.72. The van der Waals surface area contributed by atoms with Gasteiger partial charge in [0.05, 0.1) is 10.0 Å². The van der Waals surface area contributed by atoms with Crippen molar-refractivity contribution in [2.45, 2.75) is 19.8 Å². The number of benzene rings is 2. The molecule has 1 N–H and O–H groups in total. The largest absolute Gasteiger partial charge is 0.354 e. The number of aromatic nitrogens is 1. The van der Waals surface area contributed by atoms with Gasteiger partial charge in [-0.2, -0.15) is 0 Å². The summed E-state index contributed by atoms with van der Waals surface area (Å²) in [5, 5.41) is 2.29. The Morgan fingerprint density at radius 2 is 1.78 bits per heavy atom. The Balaban J connectivity index is 2.47. The first-order valence-electron chi connectivity index (χ1n) is 6.34. The molecule has 0 spiro atoms. The van der Waals surface area contributed by atoms with Crippen LogP contribution in [0.1, 0.15) is 18.9 Å². The van der Waals surface area contributed by atoms with Gasteiger partial charge in [-0.25, -0.2) is 0 Å². The first kappa shape index (κ1) is 11.4. The van der Waals surface area contributed by atoms with Crippen LogP contribution in [0.25, 0.3) is 21.8 Å². The third-order valence-corrected chi connectivity index (χ3v) is 3.79. The second-order valence-electron chi connectivity index (χ2n) is 4.59. The van der Waals surface area contributed by atoms with Gasteiger partial charge in [0.15, 0.2) is 0 Å². The Morgan fingerprint density at radius 1 is 1.00 bits per heavy atom. The van der Waals surface area contributed by atoms with Gasteiger partial charge in [0, 0.05) is 16.3 Å². The van der Waals surface area contributed by atoms with E-state index < -0.39 is 0 Å². The highest BCUT2D eigenvalue weighted by Gasteiger charge is 2.05. The summed E-state index contributed by atoms with van der Waals surface area (Å²) < 4.78 is 0.956. The number of fused-ring (bicyclic) bond motifs is 2. The van der Waals surface area contributed by atoms with E-state index in [0.29, 0.717) is 0 Å². The van der Waals surface area contributed by atoms with Crippen molar-refractivity contribution in [3.63, 3.8) is 0 Å². The zero-order chi connectivity index (χ0) is 12.5. The van der Waals surface area contributed by atoms with Gasteiger partial charge >= 0.3 is 0 Å². The number of rotatable bonds is 2. The van der Waals surface area contributed by atoms with Crippen molar-refractivity contribution < 1.29 is 0 Å². The fraction of sp³-hybridized carbons (Fsp3) is 0.188. The molecule has 3 aromatic rings. The highest BCUT2D eigenvalue weighted by Crippen LogP contribution is 2.25. The van der Waals surface area contributed by atoms with Crippen molar-refractivity contribution in [3.8, 4) is 0 Å². The molecule has 0 radical (unpaired) electrons. The summed E-state index contributed by atoms with van der Waals surface area (Å²) in [5.74, 6) is 0. The van der Waals surface area contributed by atoms with Gasteiger partial charge in [-0.1, -0.05) is 62.0 Å². The molecule has 0 saturated carbocycles. The van der Waals surface area contributed by atoms with E-state index in [4.69, 9.17) is 12.2 Å². The van der Waals surface area contributed by atoms with E-state index in [9.17, 15) is 0 Å². The summed E-state index contributed by atoms with van der Waals surface area (Å²) in [6, 6.07) is 14.7. The number of hydrogen-bond donors (Lipinski definition) is 1. The molecule has 0 unspecified atom stereocenters. The molecule has 18 heavy (non-hydrogen) atoms. The molecule has 90 valence electrons. The molecular weight excluding hydrogens is 238 g/mol. The Labute approximate surface area is 111 Å². The van der Waals surface area contributed by atoms with E-state index in [-0.39, 0.29) is 0 Å². The van der Waals surface area contributed by atoms with Crippen LogP contribution in [0.5, 0.6) is 0 Å². The maximum absolute atomic E-state index is 5.62. The van der Waals surface area contributed by atoms with Crippen LogP contribution in [-0.4, -0.2) is 4.98 Å². The minimum absolute atomic E-state index is 0.956. The minimum atomic E-state index is 0.956. The molecule has 0 atom stereocenters. The summed E-state index contributed by atoms with van der Waals surface area (Å²) in [5.41, 5.74) is 3.67. The normalized spacial score (nSPS) is 11.2. The van der Waals surface area contributed by atoms with Crippen LogP contribution in [0, 0.1) is 4.51 Å². The number of H-pyrrole nitrogens is 1. The molecular formula is C16H15NS. The lowest BCUT2D eigenvalue weighted by molar-refractivity contribution is 0.927.